The Hall–Kier alpha value is -8.97. The van der Waals surface area contributed by atoms with Crippen LogP contribution in [0.4, 0.5) is 4.79 Å². The summed E-state index contributed by atoms with van der Waals surface area (Å²) >= 11 is 0. The fraction of sp³-hybridized carbons (Fsp3) is 0.338. The van der Waals surface area contributed by atoms with E-state index in [0.29, 0.717) is 30.7 Å². The quantitative estimate of drug-likeness (QED) is 0.0345. The molecule has 8 aromatic rings. The van der Waals surface area contributed by atoms with Crippen LogP contribution in [0.25, 0.3) is 44.1 Å². The number of likely N-dealkylation sites (N-methyl/N-ethyl adjacent to an activating group) is 2. The Balaban J connectivity index is 0.000000252. The lowest BCUT2D eigenvalue weighted by atomic mass is 9.87. The van der Waals surface area contributed by atoms with Gasteiger partial charge in [0.1, 0.15) is 23.7 Å². The summed E-state index contributed by atoms with van der Waals surface area (Å²) in [6.07, 6.45) is 14.5. The third-order valence-corrected chi connectivity index (χ3v) is 14.9. The first-order valence-corrected chi connectivity index (χ1v) is 30.5. The first-order valence-electron chi connectivity index (χ1n) is 30.5. The molecule has 13 nitrogen and oxygen atoms in total. The second kappa shape index (κ2) is 31.4. The van der Waals surface area contributed by atoms with Gasteiger partial charge in [-0.15, -0.1) is 0 Å². The van der Waals surface area contributed by atoms with Gasteiger partial charge in [0.05, 0.1) is 36.6 Å². The minimum atomic E-state index is -0.642. The Bertz CT molecular complexity index is 3650. The predicted octanol–water partition coefficient (Wildman–Crippen LogP) is 16.6. The molecular weight excluding hydrogens is 1080 g/mol. The summed E-state index contributed by atoms with van der Waals surface area (Å²) in [6, 6.07) is 47.4. The van der Waals surface area contributed by atoms with Crippen molar-refractivity contribution in [2.45, 2.75) is 112 Å². The van der Waals surface area contributed by atoms with Gasteiger partial charge in [0.15, 0.2) is 0 Å². The molecule has 87 heavy (non-hydrogen) atoms. The maximum absolute atomic E-state index is 12.9. The van der Waals surface area contributed by atoms with Gasteiger partial charge in [0.25, 0.3) is 0 Å². The molecule has 3 amide bonds. The van der Waals surface area contributed by atoms with Gasteiger partial charge in [-0.3, -0.25) is 19.8 Å². The molecule has 2 heterocycles. The summed E-state index contributed by atoms with van der Waals surface area (Å²) in [5.41, 5.74) is 16.0. The van der Waals surface area contributed by atoms with Crippen molar-refractivity contribution in [2.24, 2.45) is 0 Å². The summed E-state index contributed by atoms with van der Waals surface area (Å²) < 4.78 is 17.7. The van der Waals surface area contributed by atoms with Crippen molar-refractivity contribution in [1.82, 2.24) is 35.1 Å². The Kier molecular flexibility index (Phi) is 23.7. The highest BCUT2D eigenvalue weighted by atomic mass is 16.6. The van der Waals surface area contributed by atoms with Crippen LogP contribution in [-0.4, -0.2) is 113 Å². The van der Waals surface area contributed by atoms with E-state index in [0.717, 1.165) is 81.9 Å². The molecule has 0 spiro atoms. The number of carbonyl (C=O) groups excluding carboxylic acids is 3. The van der Waals surface area contributed by atoms with Crippen LogP contribution in [-0.2, 0) is 14.3 Å². The number of aromatic nitrogens is 4. The van der Waals surface area contributed by atoms with Gasteiger partial charge in [-0.2, -0.15) is 10.2 Å². The number of amides is 3. The highest BCUT2D eigenvalue weighted by Gasteiger charge is 2.22. The Morgan fingerprint density at radius 2 is 0.943 bits per heavy atom. The molecule has 0 atom stereocenters. The summed E-state index contributed by atoms with van der Waals surface area (Å²) in [7, 11) is 6.88. The van der Waals surface area contributed by atoms with Crippen LogP contribution in [0.5, 0.6) is 11.5 Å². The number of carbonyl (C=O) groups is 3. The van der Waals surface area contributed by atoms with Crippen molar-refractivity contribution in [2.75, 3.05) is 54.5 Å². The number of ether oxygens (including phenoxy) is 3. The van der Waals surface area contributed by atoms with E-state index in [9.17, 15) is 14.4 Å². The smallest absolute Gasteiger partial charge is 0.410 e. The van der Waals surface area contributed by atoms with E-state index in [1.54, 1.807) is 45.2 Å². The topological polar surface area (TPSA) is 146 Å². The molecular formula is C74H89N7O6. The normalized spacial score (nSPS) is 12.3. The SMILES string of the molecule is CC/C(=C(/c1ccc(OCCCC/C=C/C(=O)N(C)C)cc1)c1ccc2[nH]ncc2c1)c1ccc(C(C)C)cc1.CC/C(=C(/c1ccc(OCCN(C/C=C/C(=O)N(C)C)C(=O)OC(C)(C)C)cc1)c1ccc2[nH]ncc2c1)c1ccc(C(C)C)cc1. The molecule has 0 saturated heterocycles. The largest absolute Gasteiger partial charge is 0.494 e. The fourth-order valence-electron chi connectivity index (χ4n) is 10.0. The second-order valence-corrected chi connectivity index (χ2v) is 23.7. The van der Waals surface area contributed by atoms with E-state index in [1.165, 1.54) is 60.4 Å². The number of unbranched alkanes of at least 4 members (excludes halogenated alkanes) is 2. The minimum Gasteiger partial charge on any atom is -0.494 e. The molecule has 0 aliphatic heterocycles. The number of fused-ring (bicyclic) bond motifs is 2. The molecule has 2 aromatic heterocycles. The average Bonchev–Trinajstić information content (AvgIpc) is 2.88. The van der Waals surface area contributed by atoms with Gasteiger partial charge in [-0.05, 0) is 186 Å². The third-order valence-electron chi connectivity index (χ3n) is 14.9. The summed E-state index contributed by atoms with van der Waals surface area (Å²) in [4.78, 5) is 41.1. The molecule has 0 radical (unpaired) electrons. The van der Waals surface area contributed by atoms with Crippen molar-refractivity contribution in [3.05, 3.63) is 215 Å². The molecule has 8 rings (SSSR count). The second-order valence-electron chi connectivity index (χ2n) is 23.7. The van der Waals surface area contributed by atoms with Crippen LogP contribution < -0.4 is 9.47 Å². The molecule has 0 fully saturated rings. The van der Waals surface area contributed by atoms with Crippen molar-refractivity contribution in [3.63, 3.8) is 0 Å². The minimum absolute atomic E-state index is 0.0215. The number of hydrogen-bond donors (Lipinski definition) is 2. The lowest BCUT2D eigenvalue weighted by molar-refractivity contribution is -0.124. The number of aromatic amines is 2. The lowest BCUT2D eigenvalue weighted by Gasteiger charge is -2.26. The van der Waals surface area contributed by atoms with Crippen molar-refractivity contribution >= 4 is 62.0 Å². The Labute approximate surface area is 515 Å². The number of rotatable bonds is 24. The van der Waals surface area contributed by atoms with Crippen molar-refractivity contribution in [3.8, 4) is 11.5 Å². The Morgan fingerprint density at radius 3 is 1.36 bits per heavy atom. The Morgan fingerprint density at radius 1 is 0.529 bits per heavy atom. The van der Waals surface area contributed by atoms with E-state index in [1.807, 2.05) is 51.4 Å². The summed E-state index contributed by atoms with van der Waals surface area (Å²) in [6.45, 7) is 20.2. The maximum atomic E-state index is 12.9. The van der Waals surface area contributed by atoms with Crippen LogP contribution >= 0.6 is 0 Å². The zero-order valence-electron chi connectivity index (χ0n) is 53.4. The van der Waals surface area contributed by atoms with Gasteiger partial charge >= 0.3 is 6.09 Å². The third kappa shape index (κ3) is 18.8. The zero-order valence-corrected chi connectivity index (χ0v) is 53.4. The first kappa shape index (κ1) is 65.6. The fourth-order valence-corrected chi connectivity index (χ4v) is 10.0. The standard InChI is InChI=1S/C39H48N4O4.C35H41N3O2/c1-9-34(29-14-12-28(13-15-29)27(2)3)37(31-18-21-35-32(25-31)26-40-41-35)30-16-19-33(20-17-30)46-24-23-43(38(45)47-39(4,5)6)22-10-11-36(44)42(7)8;1-6-32(27-14-12-26(13-15-27)25(2)3)35(29-18-21-33-30(23-29)24-36-37-33)28-16-19-31(20-17-28)40-22-10-8-7-9-11-34(39)38(4)5/h10-21,25-27H,9,22-24H2,1-8H3,(H,40,41);9,11-21,23-25H,6-8,10,22H2,1-5H3,(H,36,37)/b11-10+,37-34+;11-9+,35-32+. The zero-order chi connectivity index (χ0) is 62.6. The average molecular weight is 1170 g/mol. The first-order chi connectivity index (χ1) is 41.7. The molecule has 0 saturated carbocycles. The van der Waals surface area contributed by atoms with Gasteiger partial charge in [-0.25, -0.2) is 4.79 Å². The van der Waals surface area contributed by atoms with E-state index in [-0.39, 0.29) is 25.0 Å². The molecule has 456 valence electrons. The summed E-state index contributed by atoms with van der Waals surface area (Å²) in [5.74, 6) is 2.40. The number of hydrogen-bond acceptors (Lipinski definition) is 8. The van der Waals surface area contributed by atoms with Crippen LogP contribution in [0.15, 0.2) is 170 Å². The molecule has 0 unspecified atom stereocenters. The monoisotopic (exact) mass is 1170 g/mol. The van der Waals surface area contributed by atoms with Crippen LogP contribution in [0.2, 0.25) is 0 Å². The van der Waals surface area contributed by atoms with E-state index >= 15 is 0 Å². The number of allylic oxidation sites excluding steroid dienone is 3. The number of H-pyrrole nitrogens is 2. The summed E-state index contributed by atoms with van der Waals surface area (Å²) in [5, 5.41) is 16.7. The molecule has 0 bridgehead atoms. The number of benzene rings is 6. The number of nitrogens with zero attached hydrogens (tertiary/aromatic N) is 5. The van der Waals surface area contributed by atoms with Crippen LogP contribution in [0.1, 0.15) is 151 Å². The van der Waals surface area contributed by atoms with E-state index in [2.05, 4.69) is 183 Å². The molecule has 2 N–H and O–H groups in total. The highest BCUT2D eigenvalue weighted by molar-refractivity contribution is 6.02. The van der Waals surface area contributed by atoms with E-state index < -0.39 is 11.7 Å². The number of nitrogens with one attached hydrogen (secondary N) is 2. The maximum Gasteiger partial charge on any atom is 0.410 e. The predicted molar refractivity (Wildman–Crippen MR) is 357 cm³/mol. The van der Waals surface area contributed by atoms with Crippen LogP contribution in [0, 0.1) is 0 Å². The molecule has 13 heteroatoms. The molecule has 0 aliphatic carbocycles. The molecule has 0 aliphatic rings. The van der Waals surface area contributed by atoms with E-state index in [4.69, 9.17) is 14.2 Å². The molecule has 6 aromatic carbocycles. The lowest BCUT2D eigenvalue weighted by Crippen LogP contribution is -2.39. The van der Waals surface area contributed by atoms with Gasteiger partial charge < -0.3 is 28.9 Å². The van der Waals surface area contributed by atoms with Gasteiger partial charge in [0.2, 0.25) is 11.8 Å². The highest BCUT2D eigenvalue weighted by Crippen LogP contribution is 2.39. The van der Waals surface area contributed by atoms with Crippen molar-refractivity contribution in [1.29, 1.82) is 0 Å². The van der Waals surface area contributed by atoms with Crippen LogP contribution in [0.3, 0.4) is 0 Å². The van der Waals surface area contributed by atoms with Gasteiger partial charge in [0, 0.05) is 51.6 Å². The van der Waals surface area contributed by atoms with Gasteiger partial charge in [-0.1, -0.05) is 139 Å². The van der Waals surface area contributed by atoms with Crippen molar-refractivity contribution < 1.29 is 28.6 Å².